The Bertz CT molecular complexity index is 919. The third-order valence-corrected chi connectivity index (χ3v) is 4.55. The van der Waals surface area contributed by atoms with E-state index in [-0.39, 0.29) is 6.42 Å². The van der Waals surface area contributed by atoms with Crippen LogP contribution < -0.4 is 10.8 Å². The fraction of sp³-hybridized carbons (Fsp3) is 0.190. The van der Waals surface area contributed by atoms with Crippen molar-refractivity contribution in [3.8, 4) is 11.1 Å². The van der Waals surface area contributed by atoms with Crippen LogP contribution in [0.2, 0.25) is 0 Å². The molecule has 0 radical (unpaired) electrons. The second-order valence-electron chi connectivity index (χ2n) is 6.41. The second kappa shape index (κ2) is 8.96. The number of carbonyl (C=O) groups is 2. The first-order valence-corrected chi connectivity index (χ1v) is 9.02. The highest BCUT2D eigenvalue weighted by Crippen LogP contribution is 2.20. The summed E-state index contributed by atoms with van der Waals surface area (Å²) in [5, 5.41) is 11.6. The predicted molar refractivity (Wildman–Crippen MR) is 105 cm³/mol. The number of carbonyl (C=O) groups excluding carboxylic acids is 2. The molecule has 4 N–H and O–H groups in total. The Balaban J connectivity index is 1.70. The SMILES string of the molecule is CCc1ccc(-c2ccc(C(=O)NC(Cc3cnc[nH]3)C(=O)NO)cc2)cc1. The maximum Gasteiger partial charge on any atom is 0.266 e. The molecule has 144 valence electrons. The summed E-state index contributed by atoms with van der Waals surface area (Å²) in [5.74, 6) is -1.10. The summed E-state index contributed by atoms with van der Waals surface area (Å²) < 4.78 is 0. The number of benzene rings is 2. The maximum atomic E-state index is 12.5. The van der Waals surface area contributed by atoms with Crippen molar-refractivity contribution in [3.63, 3.8) is 0 Å². The molecule has 0 spiro atoms. The minimum atomic E-state index is -0.931. The van der Waals surface area contributed by atoms with Gasteiger partial charge in [0.05, 0.1) is 6.33 Å². The summed E-state index contributed by atoms with van der Waals surface area (Å²) in [4.78, 5) is 31.2. The van der Waals surface area contributed by atoms with Gasteiger partial charge in [0.2, 0.25) is 0 Å². The van der Waals surface area contributed by atoms with Crippen LogP contribution in [0.15, 0.2) is 61.1 Å². The van der Waals surface area contributed by atoms with E-state index in [2.05, 4.69) is 46.5 Å². The van der Waals surface area contributed by atoms with Gasteiger partial charge < -0.3 is 10.3 Å². The largest absolute Gasteiger partial charge is 0.348 e. The van der Waals surface area contributed by atoms with Crippen molar-refractivity contribution < 1.29 is 14.8 Å². The van der Waals surface area contributed by atoms with Gasteiger partial charge >= 0.3 is 0 Å². The van der Waals surface area contributed by atoms with Crippen LogP contribution >= 0.6 is 0 Å². The van der Waals surface area contributed by atoms with Crippen molar-refractivity contribution in [2.24, 2.45) is 0 Å². The van der Waals surface area contributed by atoms with Crippen molar-refractivity contribution in [1.82, 2.24) is 20.8 Å². The molecular formula is C21H22N4O3. The van der Waals surface area contributed by atoms with Crippen LogP contribution in [0.1, 0.15) is 28.5 Å². The third kappa shape index (κ3) is 4.63. The standard InChI is InChI=1S/C21H22N4O3/c1-2-14-3-5-15(6-4-14)16-7-9-17(10-8-16)20(26)24-19(21(27)25-28)11-18-12-22-13-23-18/h3-10,12-13,19,28H,2,11H2,1H3,(H,22,23)(H,24,26)(H,25,27). The molecule has 0 aliphatic carbocycles. The van der Waals surface area contributed by atoms with Crippen LogP contribution in [-0.2, 0) is 17.6 Å². The fourth-order valence-electron chi connectivity index (χ4n) is 2.89. The van der Waals surface area contributed by atoms with E-state index in [1.807, 2.05) is 12.1 Å². The fourth-order valence-corrected chi connectivity index (χ4v) is 2.89. The number of nitrogens with one attached hydrogen (secondary N) is 3. The molecule has 28 heavy (non-hydrogen) atoms. The summed E-state index contributed by atoms with van der Waals surface area (Å²) >= 11 is 0. The Morgan fingerprint density at radius 3 is 2.25 bits per heavy atom. The highest BCUT2D eigenvalue weighted by molar-refractivity contribution is 5.97. The van der Waals surface area contributed by atoms with Crippen molar-refractivity contribution >= 4 is 11.8 Å². The second-order valence-corrected chi connectivity index (χ2v) is 6.41. The number of aromatic nitrogens is 2. The molecule has 1 heterocycles. The average molecular weight is 378 g/mol. The summed E-state index contributed by atoms with van der Waals surface area (Å²) in [6, 6.07) is 14.5. The number of hydroxylamine groups is 1. The van der Waals surface area contributed by atoms with E-state index < -0.39 is 17.9 Å². The predicted octanol–water partition coefficient (Wildman–Crippen LogP) is 2.49. The van der Waals surface area contributed by atoms with Crippen LogP contribution in [0.3, 0.4) is 0 Å². The molecule has 0 aliphatic rings. The Morgan fingerprint density at radius 1 is 1.07 bits per heavy atom. The normalized spacial score (nSPS) is 11.6. The Labute approximate surface area is 162 Å². The zero-order valence-electron chi connectivity index (χ0n) is 15.5. The molecule has 0 saturated carbocycles. The number of imidazole rings is 1. The third-order valence-electron chi connectivity index (χ3n) is 4.55. The van der Waals surface area contributed by atoms with Crippen LogP contribution in [0.5, 0.6) is 0 Å². The van der Waals surface area contributed by atoms with Crippen molar-refractivity contribution in [2.75, 3.05) is 0 Å². The molecule has 1 atom stereocenters. The molecule has 0 aliphatic heterocycles. The first-order valence-electron chi connectivity index (χ1n) is 9.02. The lowest BCUT2D eigenvalue weighted by molar-refractivity contribution is -0.131. The van der Waals surface area contributed by atoms with Crippen molar-refractivity contribution in [2.45, 2.75) is 25.8 Å². The molecule has 3 aromatic rings. The molecule has 0 saturated heterocycles. The average Bonchev–Trinajstić information content (AvgIpc) is 3.26. The van der Waals surface area contributed by atoms with Gasteiger partial charge in [-0.3, -0.25) is 14.8 Å². The highest BCUT2D eigenvalue weighted by Gasteiger charge is 2.22. The van der Waals surface area contributed by atoms with Crippen molar-refractivity contribution in [3.05, 3.63) is 77.9 Å². The zero-order chi connectivity index (χ0) is 19.9. The number of hydrogen-bond acceptors (Lipinski definition) is 4. The first-order chi connectivity index (χ1) is 13.6. The van der Waals surface area contributed by atoms with Crippen LogP contribution in [0.4, 0.5) is 0 Å². The van der Waals surface area contributed by atoms with Gasteiger partial charge in [0, 0.05) is 23.9 Å². The number of rotatable bonds is 7. The van der Waals surface area contributed by atoms with Gasteiger partial charge in [0.1, 0.15) is 6.04 Å². The van der Waals surface area contributed by atoms with Gasteiger partial charge in [0.25, 0.3) is 11.8 Å². The van der Waals surface area contributed by atoms with Gasteiger partial charge in [-0.1, -0.05) is 43.3 Å². The van der Waals surface area contributed by atoms with Crippen LogP contribution in [0, 0.1) is 0 Å². The highest BCUT2D eigenvalue weighted by atomic mass is 16.5. The van der Waals surface area contributed by atoms with E-state index in [4.69, 9.17) is 5.21 Å². The number of nitrogens with zero attached hydrogens (tertiary/aromatic N) is 1. The summed E-state index contributed by atoms with van der Waals surface area (Å²) in [6.07, 6.45) is 4.21. The Morgan fingerprint density at radius 2 is 1.71 bits per heavy atom. The van der Waals surface area contributed by atoms with E-state index >= 15 is 0 Å². The number of aryl methyl sites for hydroxylation is 1. The monoisotopic (exact) mass is 378 g/mol. The number of H-pyrrole nitrogens is 1. The van der Waals surface area contributed by atoms with Gasteiger partial charge in [-0.2, -0.15) is 0 Å². The van der Waals surface area contributed by atoms with E-state index in [1.54, 1.807) is 23.8 Å². The maximum absolute atomic E-state index is 12.5. The van der Waals surface area contributed by atoms with Crippen molar-refractivity contribution in [1.29, 1.82) is 0 Å². The molecule has 7 nitrogen and oxygen atoms in total. The van der Waals surface area contributed by atoms with Crippen LogP contribution in [-0.4, -0.2) is 33.0 Å². The molecular weight excluding hydrogens is 356 g/mol. The lowest BCUT2D eigenvalue weighted by Gasteiger charge is -2.16. The molecule has 2 aromatic carbocycles. The molecule has 7 heteroatoms. The Kier molecular flexibility index (Phi) is 6.18. The Hall–Kier alpha value is -3.45. The summed E-state index contributed by atoms with van der Waals surface area (Å²) in [7, 11) is 0. The molecule has 1 aromatic heterocycles. The molecule has 2 amide bonds. The minimum absolute atomic E-state index is 0.181. The molecule has 0 bridgehead atoms. The summed E-state index contributed by atoms with van der Waals surface area (Å²) in [6.45, 7) is 2.11. The van der Waals surface area contributed by atoms with E-state index in [0.717, 1.165) is 17.5 Å². The smallest absolute Gasteiger partial charge is 0.266 e. The van der Waals surface area contributed by atoms with Gasteiger partial charge in [-0.15, -0.1) is 0 Å². The number of amides is 2. The topological polar surface area (TPSA) is 107 Å². The molecule has 3 rings (SSSR count). The quantitative estimate of drug-likeness (QED) is 0.374. The lowest BCUT2D eigenvalue weighted by Crippen LogP contribution is -2.47. The molecule has 0 fully saturated rings. The van der Waals surface area contributed by atoms with Gasteiger partial charge in [-0.05, 0) is 35.2 Å². The van der Waals surface area contributed by atoms with E-state index in [9.17, 15) is 9.59 Å². The minimum Gasteiger partial charge on any atom is -0.348 e. The van der Waals surface area contributed by atoms with E-state index in [0.29, 0.717) is 11.3 Å². The van der Waals surface area contributed by atoms with Crippen LogP contribution in [0.25, 0.3) is 11.1 Å². The molecule has 1 unspecified atom stereocenters. The van der Waals surface area contributed by atoms with Gasteiger partial charge in [0.15, 0.2) is 0 Å². The number of aromatic amines is 1. The zero-order valence-corrected chi connectivity index (χ0v) is 15.5. The summed E-state index contributed by atoms with van der Waals surface area (Å²) in [5.41, 5.74) is 6.02. The first kappa shape index (κ1) is 19.3. The lowest BCUT2D eigenvalue weighted by atomic mass is 10.0. The van der Waals surface area contributed by atoms with Gasteiger partial charge in [-0.25, -0.2) is 10.5 Å². The van der Waals surface area contributed by atoms with E-state index in [1.165, 1.54) is 11.9 Å². The number of hydrogen-bond donors (Lipinski definition) is 4.